The summed E-state index contributed by atoms with van der Waals surface area (Å²) in [6, 6.07) is 2.40. The maximum Gasteiger partial charge on any atom is 0.410 e. The van der Waals surface area contributed by atoms with E-state index in [1.165, 1.54) is 12.2 Å². The Kier molecular flexibility index (Phi) is 7.32. The van der Waals surface area contributed by atoms with Gasteiger partial charge in [0.05, 0.1) is 11.7 Å². The Morgan fingerprint density at radius 2 is 1.97 bits per heavy atom. The van der Waals surface area contributed by atoms with E-state index < -0.39 is 15.6 Å². The van der Waals surface area contributed by atoms with Crippen LogP contribution >= 0.6 is 10.0 Å². The van der Waals surface area contributed by atoms with E-state index in [9.17, 15) is 10.1 Å². The van der Waals surface area contributed by atoms with Gasteiger partial charge in [0.15, 0.2) is 0 Å². The maximum atomic E-state index is 12.5. The number of ether oxygens (including phenoxy) is 1. The molecule has 2 N–H and O–H groups in total. The van der Waals surface area contributed by atoms with E-state index in [4.69, 9.17) is 20.7 Å². The average molecular weight is 530 g/mol. The highest BCUT2D eigenvalue weighted by Crippen LogP contribution is 2.55. The van der Waals surface area contributed by atoms with Crippen molar-refractivity contribution in [3.63, 3.8) is 0 Å². The van der Waals surface area contributed by atoms with Crippen molar-refractivity contribution < 1.29 is 9.53 Å². The van der Waals surface area contributed by atoms with Crippen molar-refractivity contribution >= 4 is 21.9 Å². The van der Waals surface area contributed by atoms with Crippen molar-refractivity contribution in [3.8, 4) is 17.3 Å². The lowest BCUT2D eigenvalue weighted by molar-refractivity contribution is 0.0188. The second kappa shape index (κ2) is 9.90. The second-order valence-corrected chi connectivity index (χ2v) is 17.4. The molecular formula is C27H43N7O2S. The first kappa shape index (κ1) is 27.4. The molecule has 1 spiro atoms. The Morgan fingerprint density at radius 3 is 2.59 bits per heavy atom. The number of anilines is 1. The first-order valence-corrected chi connectivity index (χ1v) is 16.2. The van der Waals surface area contributed by atoms with E-state index in [0.717, 1.165) is 43.5 Å². The first-order chi connectivity index (χ1) is 17.2. The normalized spacial score (nSPS) is 22.2. The molecule has 1 amide bonds. The predicted molar refractivity (Wildman–Crippen MR) is 150 cm³/mol. The fraction of sp³-hybridized carbons (Fsp3) is 0.704. The minimum absolute atomic E-state index is 0.0719. The van der Waals surface area contributed by atoms with Crippen LogP contribution in [0.3, 0.4) is 0 Å². The molecule has 0 bridgehead atoms. The van der Waals surface area contributed by atoms with Crippen LogP contribution in [0, 0.1) is 23.7 Å². The molecule has 1 saturated carbocycles. The highest BCUT2D eigenvalue weighted by molar-refractivity contribution is 8.32. The van der Waals surface area contributed by atoms with Gasteiger partial charge in [-0.1, -0.05) is 0 Å². The minimum Gasteiger partial charge on any atom is -0.444 e. The summed E-state index contributed by atoms with van der Waals surface area (Å²) >= 11 is 0. The van der Waals surface area contributed by atoms with Crippen LogP contribution in [0.2, 0.25) is 0 Å². The minimum atomic E-state index is -0.498. The van der Waals surface area contributed by atoms with Gasteiger partial charge in [0.2, 0.25) is 0 Å². The molecule has 0 unspecified atom stereocenters. The van der Waals surface area contributed by atoms with Crippen LogP contribution in [0.4, 0.5) is 10.6 Å². The summed E-state index contributed by atoms with van der Waals surface area (Å²) in [4.78, 5) is 14.3. The number of nitrogen functional groups attached to an aromatic ring is 1. The van der Waals surface area contributed by atoms with Gasteiger partial charge in [-0.15, -0.1) is 0 Å². The number of nitrogens with zero attached hydrogens (tertiary/aromatic N) is 6. The molecule has 2 fully saturated rings. The zero-order chi connectivity index (χ0) is 27.2. The average Bonchev–Trinajstić information content (AvgIpc) is 3.43. The molecule has 2 aromatic heterocycles. The third-order valence-corrected chi connectivity index (χ3v) is 8.94. The third kappa shape index (κ3) is 6.08. The topological polar surface area (TPSA) is 115 Å². The summed E-state index contributed by atoms with van der Waals surface area (Å²) in [5, 5.41) is 19.5. The van der Waals surface area contributed by atoms with Crippen LogP contribution in [-0.2, 0) is 11.3 Å². The summed E-state index contributed by atoms with van der Waals surface area (Å²) in [5.41, 5.74) is 8.79. The summed E-state index contributed by atoms with van der Waals surface area (Å²) in [6.45, 7) is 9.89. The number of amides is 1. The Morgan fingerprint density at radius 1 is 1.27 bits per heavy atom. The standard InChI is InChI=1S/C27H43N7O2S/c1-19-22(17-33(30-19)11-8-9-13-37(5,6)7)23-21(16-28)24(29)34(31-23)20-14-27(15-20)10-12-32(18-27)25(35)36-26(2,3)4/h17,20H,8-15,18,29H2,1-7H3. The number of nitriles is 1. The van der Waals surface area contributed by atoms with Gasteiger partial charge in [-0.2, -0.15) is 15.5 Å². The van der Waals surface area contributed by atoms with Gasteiger partial charge in [0.1, 0.15) is 28.7 Å². The monoisotopic (exact) mass is 529 g/mol. The molecule has 2 aliphatic rings. The van der Waals surface area contributed by atoms with E-state index in [0.29, 0.717) is 30.2 Å². The van der Waals surface area contributed by atoms with Crippen LogP contribution in [-0.4, -0.2) is 73.8 Å². The Balaban J connectivity index is 1.43. The fourth-order valence-electron chi connectivity index (χ4n) is 5.56. The van der Waals surface area contributed by atoms with Crippen LogP contribution in [0.5, 0.6) is 0 Å². The number of likely N-dealkylation sites (tertiary alicyclic amines) is 1. The number of nitrogens with two attached hydrogens (primary N) is 1. The number of carbonyl (C=O) groups excluding carboxylic acids is 1. The van der Waals surface area contributed by atoms with Crippen LogP contribution in [0.25, 0.3) is 11.3 Å². The molecule has 10 heteroatoms. The smallest absolute Gasteiger partial charge is 0.410 e. The number of carbonyl (C=O) groups is 1. The molecule has 0 atom stereocenters. The molecule has 1 saturated heterocycles. The number of aromatic nitrogens is 4. The van der Waals surface area contributed by atoms with Crippen molar-refractivity contribution in [1.82, 2.24) is 24.5 Å². The van der Waals surface area contributed by atoms with E-state index in [1.54, 1.807) is 0 Å². The highest BCUT2D eigenvalue weighted by Gasteiger charge is 2.51. The molecule has 0 aromatic carbocycles. The van der Waals surface area contributed by atoms with Crippen molar-refractivity contribution in [2.75, 3.05) is 43.3 Å². The van der Waals surface area contributed by atoms with Gasteiger partial charge < -0.3 is 15.4 Å². The van der Waals surface area contributed by atoms with Gasteiger partial charge in [-0.3, -0.25) is 4.68 Å². The van der Waals surface area contributed by atoms with Gasteiger partial charge in [-0.25, -0.2) is 19.5 Å². The summed E-state index contributed by atoms with van der Waals surface area (Å²) < 4.78 is 9.37. The lowest BCUT2D eigenvalue weighted by Gasteiger charge is -2.45. The first-order valence-electron chi connectivity index (χ1n) is 13.2. The SMILES string of the molecule is Cc1nn(CCCCS(C)(C)C)cc1-c1nn(C2CC3(CCN(C(=O)OC(C)(C)C)C3)C2)c(N)c1C#N. The van der Waals surface area contributed by atoms with Crippen LogP contribution in [0.1, 0.15) is 70.2 Å². The molecule has 1 aliphatic heterocycles. The fourth-order valence-corrected chi connectivity index (χ4v) is 6.63. The predicted octanol–water partition coefficient (Wildman–Crippen LogP) is 4.95. The summed E-state index contributed by atoms with van der Waals surface area (Å²) in [6.07, 6.45) is 13.8. The van der Waals surface area contributed by atoms with Gasteiger partial charge in [0.25, 0.3) is 0 Å². The highest BCUT2D eigenvalue weighted by atomic mass is 32.3. The molecule has 204 valence electrons. The zero-order valence-electron chi connectivity index (χ0n) is 23.5. The maximum absolute atomic E-state index is 12.5. The van der Waals surface area contributed by atoms with Crippen molar-refractivity contribution in [2.45, 2.75) is 78.0 Å². The number of rotatable bonds is 7. The molecule has 37 heavy (non-hydrogen) atoms. The van der Waals surface area contributed by atoms with Crippen molar-refractivity contribution in [2.24, 2.45) is 5.41 Å². The van der Waals surface area contributed by atoms with Gasteiger partial charge >= 0.3 is 6.09 Å². The molecule has 9 nitrogen and oxygen atoms in total. The Hall–Kier alpha value is -2.67. The largest absolute Gasteiger partial charge is 0.444 e. The second-order valence-electron chi connectivity index (χ2n) is 12.8. The van der Waals surface area contributed by atoms with E-state index in [2.05, 4.69) is 24.8 Å². The summed E-state index contributed by atoms with van der Waals surface area (Å²) in [7, 11) is -0.482. The van der Waals surface area contributed by atoms with E-state index in [1.807, 2.05) is 48.2 Å². The summed E-state index contributed by atoms with van der Waals surface area (Å²) in [5.74, 6) is 1.68. The molecular weight excluding hydrogens is 486 g/mol. The van der Waals surface area contributed by atoms with E-state index in [-0.39, 0.29) is 17.6 Å². The van der Waals surface area contributed by atoms with Crippen LogP contribution < -0.4 is 5.73 Å². The molecule has 0 radical (unpaired) electrons. The molecule has 3 heterocycles. The number of hydrogen-bond donors (Lipinski definition) is 1. The van der Waals surface area contributed by atoms with Crippen molar-refractivity contribution in [1.29, 1.82) is 5.26 Å². The quantitative estimate of drug-likeness (QED) is 0.508. The Bertz CT molecular complexity index is 1190. The molecule has 1 aliphatic carbocycles. The molecule has 2 aromatic rings. The van der Waals surface area contributed by atoms with Gasteiger partial charge in [-0.05, 0) is 89.7 Å². The number of hydrogen-bond acceptors (Lipinski definition) is 6. The third-order valence-electron chi connectivity index (χ3n) is 7.43. The lowest BCUT2D eigenvalue weighted by Crippen LogP contribution is -2.43. The van der Waals surface area contributed by atoms with Gasteiger partial charge in [0, 0.05) is 31.4 Å². The Labute approximate surface area is 222 Å². The number of aryl methyl sites for hydroxylation is 2. The molecule has 4 rings (SSSR count). The zero-order valence-corrected chi connectivity index (χ0v) is 24.3. The van der Waals surface area contributed by atoms with Crippen molar-refractivity contribution in [3.05, 3.63) is 17.5 Å². The number of unbranched alkanes of at least 4 members (excludes halogenated alkanes) is 1. The van der Waals surface area contributed by atoms with E-state index >= 15 is 0 Å². The lowest BCUT2D eigenvalue weighted by atomic mass is 9.65. The van der Waals surface area contributed by atoms with Crippen LogP contribution in [0.15, 0.2) is 6.20 Å².